The average molecular weight is 138 g/mol. The summed E-state index contributed by atoms with van der Waals surface area (Å²) in [6, 6.07) is 0. The van der Waals surface area contributed by atoms with E-state index in [1.165, 1.54) is 6.42 Å². The van der Waals surface area contributed by atoms with Crippen molar-refractivity contribution in [2.24, 2.45) is 0 Å². The van der Waals surface area contributed by atoms with Crippen LogP contribution in [0.1, 0.15) is 38.5 Å². The van der Waals surface area contributed by atoms with Crippen LogP contribution >= 0.6 is 0 Å². The number of carbonyl (C=O) groups excluding carboxylic acids is 1. The standard InChI is InChI=1S/C9H14O/c10-9-7-5-3-1-2-4-6-8-9/h1,3H,2,4-8H2. The Bertz CT molecular complexity index is 136. The molecule has 0 aromatic heterocycles. The van der Waals surface area contributed by atoms with E-state index in [0.29, 0.717) is 5.78 Å². The quantitative estimate of drug-likeness (QED) is 0.470. The Morgan fingerprint density at radius 3 is 2.70 bits per heavy atom. The van der Waals surface area contributed by atoms with Crippen molar-refractivity contribution < 1.29 is 4.79 Å². The molecule has 0 N–H and O–H groups in total. The molecule has 0 radical (unpaired) electrons. The van der Waals surface area contributed by atoms with Crippen molar-refractivity contribution in [3.8, 4) is 0 Å². The van der Waals surface area contributed by atoms with E-state index in [1.54, 1.807) is 0 Å². The Kier molecular flexibility index (Phi) is 3.20. The Morgan fingerprint density at radius 1 is 1.00 bits per heavy atom. The molecular weight excluding hydrogens is 124 g/mol. The number of hydrogen-bond donors (Lipinski definition) is 0. The van der Waals surface area contributed by atoms with Gasteiger partial charge in [-0.3, -0.25) is 4.79 Å². The lowest BCUT2D eigenvalue weighted by atomic mass is 10.1. The minimum Gasteiger partial charge on any atom is -0.300 e. The number of allylic oxidation sites excluding steroid dienone is 2. The SMILES string of the molecule is O=C1CCC=CCCCC1. The van der Waals surface area contributed by atoms with E-state index in [9.17, 15) is 4.79 Å². The molecule has 0 heterocycles. The Hall–Kier alpha value is -0.590. The second-order valence-corrected chi connectivity index (χ2v) is 2.79. The maximum atomic E-state index is 11.0. The number of ketones is 1. The third-order valence-electron chi connectivity index (χ3n) is 1.83. The van der Waals surface area contributed by atoms with Crippen molar-refractivity contribution in [1.82, 2.24) is 0 Å². The van der Waals surface area contributed by atoms with E-state index in [0.717, 1.165) is 32.1 Å². The van der Waals surface area contributed by atoms with Crippen LogP contribution in [-0.4, -0.2) is 5.78 Å². The lowest BCUT2D eigenvalue weighted by molar-refractivity contribution is -0.119. The molecule has 0 aromatic carbocycles. The largest absolute Gasteiger partial charge is 0.300 e. The van der Waals surface area contributed by atoms with Crippen LogP contribution in [0.3, 0.4) is 0 Å². The van der Waals surface area contributed by atoms with Gasteiger partial charge < -0.3 is 0 Å². The van der Waals surface area contributed by atoms with E-state index in [2.05, 4.69) is 12.2 Å². The van der Waals surface area contributed by atoms with Crippen molar-refractivity contribution in [2.45, 2.75) is 38.5 Å². The molecule has 0 aromatic rings. The van der Waals surface area contributed by atoms with Gasteiger partial charge in [0, 0.05) is 12.8 Å². The summed E-state index contributed by atoms with van der Waals surface area (Å²) in [4.78, 5) is 11.0. The zero-order valence-corrected chi connectivity index (χ0v) is 6.31. The van der Waals surface area contributed by atoms with Gasteiger partial charge in [-0.05, 0) is 25.7 Å². The van der Waals surface area contributed by atoms with Crippen molar-refractivity contribution in [3.05, 3.63) is 12.2 Å². The van der Waals surface area contributed by atoms with E-state index >= 15 is 0 Å². The Balaban J connectivity index is 2.32. The molecule has 1 rings (SSSR count). The van der Waals surface area contributed by atoms with Crippen LogP contribution in [-0.2, 0) is 4.79 Å². The van der Waals surface area contributed by atoms with Crippen molar-refractivity contribution in [3.63, 3.8) is 0 Å². The van der Waals surface area contributed by atoms with Crippen LogP contribution in [0.4, 0.5) is 0 Å². The first-order valence-electron chi connectivity index (χ1n) is 4.06. The zero-order chi connectivity index (χ0) is 7.23. The molecule has 56 valence electrons. The summed E-state index contributed by atoms with van der Waals surface area (Å²) in [5.74, 6) is 0.437. The van der Waals surface area contributed by atoms with Gasteiger partial charge in [-0.2, -0.15) is 0 Å². The van der Waals surface area contributed by atoms with Crippen molar-refractivity contribution in [1.29, 1.82) is 0 Å². The second kappa shape index (κ2) is 4.26. The van der Waals surface area contributed by atoms with Gasteiger partial charge in [-0.15, -0.1) is 0 Å². The lowest BCUT2D eigenvalue weighted by Crippen LogP contribution is -1.95. The first kappa shape index (κ1) is 7.52. The number of hydrogen-bond acceptors (Lipinski definition) is 1. The van der Waals surface area contributed by atoms with Gasteiger partial charge in [0.15, 0.2) is 0 Å². The van der Waals surface area contributed by atoms with E-state index in [-0.39, 0.29) is 0 Å². The zero-order valence-electron chi connectivity index (χ0n) is 6.31. The van der Waals surface area contributed by atoms with Gasteiger partial charge in [0.1, 0.15) is 5.78 Å². The molecule has 0 aliphatic heterocycles. The van der Waals surface area contributed by atoms with Gasteiger partial charge in [0.25, 0.3) is 0 Å². The average Bonchev–Trinajstić information content (AvgIpc) is 2.02. The van der Waals surface area contributed by atoms with Crippen LogP contribution in [0.2, 0.25) is 0 Å². The molecule has 0 unspecified atom stereocenters. The maximum absolute atomic E-state index is 11.0. The van der Waals surface area contributed by atoms with Gasteiger partial charge in [-0.25, -0.2) is 0 Å². The summed E-state index contributed by atoms with van der Waals surface area (Å²) in [5, 5.41) is 0. The summed E-state index contributed by atoms with van der Waals surface area (Å²) in [7, 11) is 0. The molecule has 10 heavy (non-hydrogen) atoms. The molecule has 1 aliphatic rings. The molecule has 0 saturated carbocycles. The highest BCUT2D eigenvalue weighted by atomic mass is 16.1. The predicted octanol–water partition coefficient (Wildman–Crippen LogP) is 2.47. The van der Waals surface area contributed by atoms with Crippen molar-refractivity contribution in [2.75, 3.05) is 0 Å². The predicted molar refractivity (Wildman–Crippen MR) is 41.8 cm³/mol. The second-order valence-electron chi connectivity index (χ2n) is 2.79. The summed E-state index contributed by atoms with van der Waals surface area (Å²) < 4.78 is 0. The molecule has 0 spiro atoms. The highest BCUT2D eigenvalue weighted by molar-refractivity contribution is 5.78. The monoisotopic (exact) mass is 138 g/mol. The first-order chi connectivity index (χ1) is 4.89. The summed E-state index contributed by atoms with van der Waals surface area (Å²) in [6.45, 7) is 0. The molecule has 0 saturated heterocycles. The third kappa shape index (κ3) is 2.81. The topological polar surface area (TPSA) is 17.1 Å². The summed E-state index contributed by atoms with van der Waals surface area (Å²) in [6.07, 6.45) is 10.3. The molecule has 1 aliphatic carbocycles. The summed E-state index contributed by atoms with van der Waals surface area (Å²) >= 11 is 0. The molecule has 0 bridgehead atoms. The molecular formula is C9H14O. The lowest BCUT2D eigenvalue weighted by Gasteiger charge is -1.94. The third-order valence-corrected chi connectivity index (χ3v) is 1.83. The van der Waals surface area contributed by atoms with E-state index < -0.39 is 0 Å². The normalized spacial score (nSPS) is 21.4. The van der Waals surface area contributed by atoms with E-state index in [4.69, 9.17) is 0 Å². The minimum atomic E-state index is 0.437. The van der Waals surface area contributed by atoms with Crippen LogP contribution < -0.4 is 0 Å². The van der Waals surface area contributed by atoms with Crippen LogP contribution in [0, 0.1) is 0 Å². The number of rotatable bonds is 0. The van der Waals surface area contributed by atoms with Crippen molar-refractivity contribution >= 4 is 5.78 Å². The molecule has 1 nitrogen and oxygen atoms in total. The van der Waals surface area contributed by atoms with Gasteiger partial charge in [0.2, 0.25) is 0 Å². The molecule has 1 heteroatoms. The Labute approximate surface area is 62.1 Å². The number of carbonyl (C=O) groups is 1. The van der Waals surface area contributed by atoms with Crippen LogP contribution in [0.25, 0.3) is 0 Å². The summed E-state index contributed by atoms with van der Waals surface area (Å²) in [5.41, 5.74) is 0. The fourth-order valence-corrected chi connectivity index (χ4v) is 1.19. The van der Waals surface area contributed by atoms with Gasteiger partial charge in [-0.1, -0.05) is 12.2 Å². The van der Waals surface area contributed by atoms with E-state index in [1.807, 2.05) is 0 Å². The van der Waals surface area contributed by atoms with Gasteiger partial charge >= 0.3 is 0 Å². The molecule has 0 amide bonds. The van der Waals surface area contributed by atoms with Gasteiger partial charge in [0.05, 0.1) is 0 Å². The molecule has 0 fully saturated rings. The van der Waals surface area contributed by atoms with Crippen LogP contribution in [0.15, 0.2) is 12.2 Å². The fourth-order valence-electron chi connectivity index (χ4n) is 1.19. The minimum absolute atomic E-state index is 0.437. The first-order valence-corrected chi connectivity index (χ1v) is 4.06. The number of Topliss-reactive ketones (excluding diaryl/α,β-unsaturated/α-hetero) is 1. The fraction of sp³-hybridized carbons (Fsp3) is 0.667. The smallest absolute Gasteiger partial charge is 0.133 e. The highest BCUT2D eigenvalue weighted by Gasteiger charge is 2.00. The Morgan fingerprint density at radius 2 is 1.80 bits per heavy atom. The molecule has 0 atom stereocenters. The van der Waals surface area contributed by atoms with Crippen LogP contribution in [0.5, 0.6) is 0 Å². The highest BCUT2D eigenvalue weighted by Crippen LogP contribution is 2.08. The maximum Gasteiger partial charge on any atom is 0.133 e.